The van der Waals surface area contributed by atoms with Crippen LogP contribution in [-0.4, -0.2) is 18.8 Å². The third-order valence-corrected chi connectivity index (χ3v) is 2.49. The second-order valence-electron chi connectivity index (χ2n) is 5.35. The van der Waals surface area contributed by atoms with Crippen molar-refractivity contribution in [2.75, 3.05) is 12.4 Å². The van der Waals surface area contributed by atoms with E-state index in [9.17, 15) is 4.79 Å². The fourth-order valence-corrected chi connectivity index (χ4v) is 1.65. The Morgan fingerprint density at radius 2 is 2.10 bits per heavy atom. The molecule has 108 valence electrons. The van der Waals surface area contributed by atoms with Crippen LogP contribution in [0.3, 0.4) is 0 Å². The standard InChI is InChI=1S/C16H21NO3/c1-6-7-8-12-11-13(19-5)9-10-14(12)17-15(18)20-16(2,3)4/h1,9-11H,7-8H2,2-5H3,(H,17,18). The number of anilines is 1. The molecule has 0 fully saturated rings. The zero-order valence-electron chi connectivity index (χ0n) is 12.4. The van der Waals surface area contributed by atoms with Crippen molar-refractivity contribution >= 4 is 11.8 Å². The summed E-state index contributed by atoms with van der Waals surface area (Å²) in [7, 11) is 1.60. The van der Waals surface area contributed by atoms with Gasteiger partial charge < -0.3 is 9.47 Å². The number of hydrogen-bond acceptors (Lipinski definition) is 3. The van der Waals surface area contributed by atoms with Gasteiger partial charge in [-0.15, -0.1) is 12.3 Å². The summed E-state index contributed by atoms with van der Waals surface area (Å²) in [4.78, 5) is 11.8. The smallest absolute Gasteiger partial charge is 0.412 e. The van der Waals surface area contributed by atoms with Crippen LogP contribution in [0.1, 0.15) is 32.8 Å². The predicted octanol–water partition coefficient (Wildman–Crippen LogP) is 3.61. The maximum absolute atomic E-state index is 11.8. The molecule has 0 unspecified atom stereocenters. The maximum atomic E-state index is 11.8. The van der Waals surface area contributed by atoms with Gasteiger partial charge in [0.05, 0.1) is 7.11 Å². The molecular weight excluding hydrogens is 254 g/mol. The highest BCUT2D eigenvalue weighted by Gasteiger charge is 2.17. The molecule has 0 saturated carbocycles. The summed E-state index contributed by atoms with van der Waals surface area (Å²) >= 11 is 0. The Kier molecular flexibility index (Phi) is 5.45. The lowest BCUT2D eigenvalue weighted by atomic mass is 10.1. The molecule has 0 saturated heterocycles. The lowest BCUT2D eigenvalue weighted by molar-refractivity contribution is 0.0636. The van der Waals surface area contributed by atoms with E-state index in [1.165, 1.54) is 0 Å². The number of terminal acetylenes is 1. The lowest BCUT2D eigenvalue weighted by Gasteiger charge is -2.20. The van der Waals surface area contributed by atoms with Crippen molar-refractivity contribution in [3.05, 3.63) is 23.8 Å². The molecular formula is C16H21NO3. The second kappa shape index (κ2) is 6.85. The molecule has 1 N–H and O–H groups in total. The van der Waals surface area contributed by atoms with Crippen LogP contribution in [-0.2, 0) is 11.2 Å². The maximum Gasteiger partial charge on any atom is 0.412 e. The molecule has 4 heteroatoms. The first-order valence-electron chi connectivity index (χ1n) is 6.46. The SMILES string of the molecule is C#CCCc1cc(OC)ccc1NC(=O)OC(C)(C)C. The van der Waals surface area contributed by atoms with Gasteiger partial charge in [0.15, 0.2) is 0 Å². The molecule has 1 rings (SSSR count). The molecule has 4 nitrogen and oxygen atoms in total. The highest BCUT2D eigenvalue weighted by Crippen LogP contribution is 2.24. The number of nitrogens with one attached hydrogen (secondary N) is 1. The topological polar surface area (TPSA) is 47.6 Å². The van der Waals surface area contributed by atoms with E-state index < -0.39 is 11.7 Å². The van der Waals surface area contributed by atoms with Crippen molar-refractivity contribution in [1.82, 2.24) is 0 Å². The number of benzene rings is 1. The number of ether oxygens (including phenoxy) is 2. The molecule has 0 bridgehead atoms. The fourth-order valence-electron chi connectivity index (χ4n) is 1.65. The summed E-state index contributed by atoms with van der Waals surface area (Å²) in [5, 5.41) is 2.74. The van der Waals surface area contributed by atoms with Gasteiger partial charge in [-0.3, -0.25) is 5.32 Å². The average Bonchev–Trinajstić information content (AvgIpc) is 2.35. The van der Waals surface area contributed by atoms with Crippen LogP contribution in [0.4, 0.5) is 10.5 Å². The second-order valence-corrected chi connectivity index (χ2v) is 5.35. The van der Waals surface area contributed by atoms with E-state index in [0.29, 0.717) is 18.5 Å². The van der Waals surface area contributed by atoms with Gasteiger partial charge in [-0.1, -0.05) is 0 Å². The normalized spacial score (nSPS) is 10.6. The first kappa shape index (κ1) is 15.9. The van der Waals surface area contributed by atoms with Crippen LogP contribution in [0.15, 0.2) is 18.2 Å². The molecule has 0 aliphatic carbocycles. The first-order valence-corrected chi connectivity index (χ1v) is 6.46. The number of carbonyl (C=O) groups is 1. The van der Waals surface area contributed by atoms with Crippen molar-refractivity contribution < 1.29 is 14.3 Å². The summed E-state index contributed by atoms with van der Waals surface area (Å²) in [6, 6.07) is 5.44. The molecule has 20 heavy (non-hydrogen) atoms. The Hall–Kier alpha value is -2.15. The lowest BCUT2D eigenvalue weighted by Crippen LogP contribution is -2.27. The minimum Gasteiger partial charge on any atom is -0.497 e. The van der Waals surface area contributed by atoms with E-state index in [0.717, 1.165) is 11.3 Å². The Labute approximate surface area is 120 Å². The van der Waals surface area contributed by atoms with E-state index in [4.69, 9.17) is 15.9 Å². The zero-order valence-corrected chi connectivity index (χ0v) is 12.4. The number of hydrogen-bond donors (Lipinski definition) is 1. The number of rotatable bonds is 4. The Balaban J connectivity index is 2.87. The van der Waals surface area contributed by atoms with Crippen LogP contribution in [0, 0.1) is 12.3 Å². The molecule has 0 heterocycles. The predicted molar refractivity (Wildman–Crippen MR) is 80.0 cm³/mol. The number of carbonyl (C=O) groups excluding carboxylic acids is 1. The van der Waals surface area contributed by atoms with Crippen LogP contribution >= 0.6 is 0 Å². The molecule has 1 aromatic carbocycles. The molecule has 0 radical (unpaired) electrons. The van der Waals surface area contributed by atoms with Crippen LogP contribution in [0.5, 0.6) is 5.75 Å². The minimum atomic E-state index is -0.532. The van der Waals surface area contributed by atoms with Crippen LogP contribution in [0.2, 0.25) is 0 Å². The Morgan fingerprint density at radius 1 is 1.40 bits per heavy atom. The van der Waals surface area contributed by atoms with Crippen LogP contribution in [0.25, 0.3) is 0 Å². The van der Waals surface area contributed by atoms with Crippen molar-refractivity contribution in [1.29, 1.82) is 0 Å². The largest absolute Gasteiger partial charge is 0.497 e. The quantitative estimate of drug-likeness (QED) is 0.854. The third-order valence-electron chi connectivity index (χ3n) is 2.49. The molecule has 1 aromatic rings. The van der Waals surface area contributed by atoms with Gasteiger partial charge in [-0.2, -0.15) is 0 Å². The average molecular weight is 275 g/mol. The highest BCUT2D eigenvalue weighted by molar-refractivity contribution is 5.86. The molecule has 0 aliphatic rings. The number of methoxy groups -OCH3 is 1. The molecule has 0 atom stereocenters. The Morgan fingerprint density at radius 3 is 2.65 bits per heavy atom. The van der Waals surface area contributed by atoms with E-state index in [1.807, 2.05) is 26.8 Å². The molecule has 1 amide bonds. The Bertz CT molecular complexity index is 509. The summed E-state index contributed by atoms with van der Waals surface area (Å²) in [6.07, 6.45) is 6.07. The highest BCUT2D eigenvalue weighted by atomic mass is 16.6. The van der Waals surface area contributed by atoms with Crippen LogP contribution < -0.4 is 10.1 Å². The van der Waals surface area contributed by atoms with Gasteiger partial charge in [-0.05, 0) is 51.0 Å². The summed E-state index contributed by atoms with van der Waals surface area (Å²) in [5.74, 6) is 3.32. The first-order chi connectivity index (χ1) is 9.35. The summed E-state index contributed by atoms with van der Waals surface area (Å²) < 4.78 is 10.4. The van der Waals surface area contributed by atoms with Gasteiger partial charge in [0, 0.05) is 12.1 Å². The van der Waals surface area contributed by atoms with Crippen molar-refractivity contribution in [2.45, 2.75) is 39.2 Å². The van der Waals surface area contributed by atoms with Gasteiger partial charge >= 0.3 is 6.09 Å². The van der Waals surface area contributed by atoms with Crippen molar-refractivity contribution in [3.63, 3.8) is 0 Å². The molecule has 0 spiro atoms. The summed E-state index contributed by atoms with van der Waals surface area (Å²) in [6.45, 7) is 5.46. The van der Waals surface area contributed by atoms with Gasteiger partial charge in [0.25, 0.3) is 0 Å². The minimum absolute atomic E-state index is 0.482. The van der Waals surface area contributed by atoms with Gasteiger partial charge in [-0.25, -0.2) is 4.79 Å². The van der Waals surface area contributed by atoms with E-state index in [2.05, 4.69) is 11.2 Å². The van der Waals surface area contributed by atoms with Gasteiger partial charge in [0.2, 0.25) is 0 Å². The monoisotopic (exact) mass is 275 g/mol. The molecule has 0 aromatic heterocycles. The number of amides is 1. The zero-order chi connectivity index (χ0) is 15.2. The van der Waals surface area contributed by atoms with Crippen molar-refractivity contribution in [2.24, 2.45) is 0 Å². The molecule has 0 aliphatic heterocycles. The fraction of sp³-hybridized carbons (Fsp3) is 0.438. The van der Waals surface area contributed by atoms with E-state index in [-0.39, 0.29) is 0 Å². The number of aryl methyl sites for hydroxylation is 1. The summed E-state index contributed by atoms with van der Waals surface area (Å²) in [5.41, 5.74) is 1.08. The third kappa shape index (κ3) is 5.23. The van der Waals surface area contributed by atoms with E-state index >= 15 is 0 Å². The van der Waals surface area contributed by atoms with Gasteiger partial charge in [0.1, 0.15) is 11.4 Å². The van der Waals surface area contributed by atoms with E-state index in [1.54, 1.807) is 19.2 Å². The van der Waals surface area contributed by atoms with Crippen molar-refractivity contribution in [3.8, 4) is 18.1 Å².